The lowest BCUT2D eigenvalue weighted by molar-refractivity contribution is -0.137. The number of rotatable bonds is 5. The summed E-state index contributed by atoms with van der Waals surface area (Å²) in [6.45, 7) is 0. The number of aldehydes is 1. The second-order valence-corrected chi connectivity index (χ2v) is 8.76. The van der Waals surface area contributed by atoms with Crippen LogP contribution < -0.4 is 5.32 Å². The second kappa shape index (κ2) is 9.90. The Labute approximate surface area is 199 Å². The van der Waals surface area contributed by atoms with E-state index in [4.69, 9.17) is 0 Å². The Bertz CT molecular complexity index is 1240. The number of aromatic hydroxyl groups is 1. The lowest BCUT2D eigenvalue weighted by Crippen LogP contribution is -2.28. The first-order chi connectivity index (χ1) is 16.7. The van der Waals surface area contributed by atoms with Crippen molar-refractivity contribution >= 4 is 17.9 Å². The van der Waals surface area contributed by atoms with Gasteiger partial charge in [0.25, 0.3) is 0 Å². The lowest BCUT2D eigenvalue weighted by Gasteiger charge is -2.29. The molecule has 4 nitrogen and oxygen atoms in total. The number of benzene rings is 3. The molecule has 0 saturated heterocycles. The molecule has 0 bridgehead atoms. The summed E-state index contributed by atoms with van der Waals surface area (Å²) >= 11 is 0. The molecular weight excluding hydrogens is 462 g/mol. The zero-order valence-corrected chi connectivity index (χ0v) is 18.6. The van der Waals surface area contributed by atoms with Gasteiger partial charge in [0.1, 0.15) is 11.6 Å². The normalized spacial score (nSPS) is 18.2. The summed E-state index contributed by atoms with van der Waals surface area (Å²) in [5.74, 6) is -1.90. The molecule has 0 heterocycles. The Morgan fingerprint density at radius 3 is 2.31 bits per heavy atom. The number of carbonyl (C=O) groups is 2. The predicted octanol–water partition coefficient (Wildman–Crippen LogP) is 6.94. The zero-order valence-electron chi connectivity index (χ0n) is 18.6. The number of hydrogen-bond donors (Lipinski definition) is 2. The smallest absolute Gasteiger partial charge is 0.416 e. The number of amides is 1. The Hall–Kier alpha value is -3.68. The van der Waals surface area contributed by atoms with Crippen LogP contribution in [0.25, 0.3) is 11.1 Å². The summed E-state index contributed by atoms with van der Waals surface area (Å²) in [5, 5.41) is 12.4. The maximum atomic E-state index is 14.1. The molecule has 0 aliphatic heterocycles. The minimum atomic E-state index is -4.66. The van der Waals surface area contributed by atoms with E-state index in [2.05, 4.69) is 5.32 Å². The molecule has 1 aliphatic rings. The van der Waals surface area contributed by atoms with E-state index in [1.54, 1.807) is 12.1 Å². The largest absolute Gasteiger partial charge is 0.507 e. The third kappa shape index (κ3) is 5.53. The molecule has 1 aliphatic carbocycles. The molecule has 2 N–H and O–H groups in total. The van der Waals surface area contributed by atoms with E-state index >= 15 is 0 Å². The number of hydrogen-bond acceptors (Lipinski definition) is 3. The van der Waals surface area contributed by atoms with Crippen LogP contribution in [0.5, 0.6) is 5.75 Å². The van der Waals surface area contributed by atoms with Crippen molar-refractivity contribution < 1.29 is 32.3 Å². The Kier molecular flexibility index (Phi) is 6.91. The average Bonchev–Trinajstić information content (AvgIpc) is 2.84. The van der Waals surface area contributed by atoms with Gasteiger partial charge in [-0.2, -0.15) is 13.2 Å². The molecule has 1 fully saturated rings. The van der Waals surface area contributed by atoms with Gasteiger partial charge in [-0.15, -0.1) is 0 Å². The summed E-state index contributed by atoms with van der Waals surface area (Å²) < 4.78 is 52.4. The van der Waals surface area contributed by atoms with Crippen LogP contribution in [0.2, 0.25) is 0 Å². The van der Waals surface area contributed by atoms with Gasteiger partial charge in [-0.1, -0.05) is 36.8 Å². The standard InChI is InChI=1S/C27H23F4NO3/c28-23-14-22(27(29,30)31)10-11-24(23)32-26(35)20-3-1-2-18(12-20)16-4-6-17(7-5-16)19-8-9-21(15-33)25(34)13-19/h4-11,13-15,18,20,34H,1-3,12H2,(H,32,35). The maximum Gasteiger partial charge on any atom is 0.416 e. The summed E-state index contributed by atoms with van der Waals surface area (Å²) in [7, 11) is 0. The van der Waals surface area contributed by atoms with Gasteiger partial charge in [0.15, 0.2) is 6.29 Å². The van der Waals surface area contributed by atoms with Crippen LogP contribution in [-0.2, 0) is 11.0 Å². The van der Waals surface area contributed by atoms with Crippen molar-refractivity contribution in [2.24, 2.45) is 5.92 Å². The van der Waals surface area contributed by atoms with E-state index in [0.717, 1.165) is 41.7 Å². The van der Waals surface area contributed by atoms with E-state index < -0.39 is 23.5 Å². The molecule has 182 valence electrons. The van der Waals surface area contributed by atoms with Crippen molar-refractivity contribution in [3.63, 3.8) is 0 Å². The quantitative estimate of drug-likeness (QED) is 0.304. The fraction of sp³-hybridized carbons (Fsp3) is 0.259. The number of halogens is 4. The van der Waals surface area contributed by atoms with Gasteiger partial charge in [0, 0.05) is 5.92 Å². The molecule has 1 saturated carbocycles. The van der Waals surface area contributed by atoms with Crippen molar-refractivity contribution in [2.45, 2.75) is 37.8 Å². The third-order valence-electron chi connectivity index (χ3n) is 6.47. The summed E-state index contributed by atoms with van der Waals surface area (Å²) in [5.41, 5.74) is 1.51. The van der Waals surface area contributed by atoms with E-state index in [-0.39, 0.29) is 28.8 Å². The van der Waals surface area contributed by atoms with Gasteiger partial charge in [-0.05, 0) is 72.2 Å². The van der Waals surface area contributed by atoms with Crippen molar-refractivity contribution in [2.75, 3.05) is 5.32 Å². The topological polar surface area (TPSA) is 66.4 Å². The third-order valence-corrected chi connectivity index (χ3v) is 6.47. The highest BCUT2D eigenvalue weighted by Gasteiger charge is 2.32. The van der Waals surface area contributed by atoms with E-state index in [9.17, 15) is 32.3 Å². The highest BCUT2D eigenvalue weighted by Crippen LogP contribution is 2.38. The zero-order chi connectivity index (χ0) is 25.2. The Balaban J connectivity index is 1.43. The maximum absolute atomic E-state index is 14.1. The summed E-state index contributed by atoms with van der Waals surface area (Å²) in [4.78, 5) is 23.6. The van der Waals surface area contributed by atoms with Crippen LogP contribution >= 0.6 is 0 Å². The van der Waals surface area contributed by atoms with Gasteiger partial charge in [0.05, 0.1) is 16.8 Å². The van der Waals surface area contributed by atoms with Crippen LogP contribution in [-0.4, -0.2) is 17.3 Å². The molecule has 4 rings (SSSR count). The van der Waals surface area contributed by atoms with E-state index in [1.165, 1.54) is 6.07 Å². The van der Waals surface area contributed by atoms with Crippen molar-refractivity contribution in [3.8, 4) is 16.9 Å². The van der Waals surface area contributed by atoms with Gasteiger partial charge >= 0.3 is 6.18 Å². The highest BCUT2D eigenvalue weighted by atomic mass is 19.4. The van der Waals surface area contributed by atoms with Crippen LogP contribution in [0.1, 0.15) is 53.1 Å². The number of nitrogens with one attached hydrogen (secondary N) is 1. The van der Waals surface area contributed by atoms with Crippen LogP contribution in [0.15, 0.2) is 60.7 Å². The fourth-order valence-corrected chi connectivity index (χ4v) is 4.53. The van der Waals surface area contributed by atoms with E-state index in [1.807, 2.05) is 24.3 Å². The van der Waals surface area contributed by atoms with Crippen LogP contribution in [0, 0.1) is 11.7 Å². The van der Waals surface area contributed by atoms with Gasteiger partial charge < -0.3 is 10.4 Å². The Morgan fingerprint density at radius 2 is 1.69 bits per heavy atom. The fourth-order valence-electron chi connectivity index (χ4n) is 4.53. The van der Waals surface area contributed by atoms with Crippen LogP contribution in [0.4, 0.5) is 23.2 Å². The molecule has 35 heavy (non-hydrogen) atoms. The van der Waals surface area contributed by atoms with Gasteiger partial charge in [0.2, 0.25) is 5.91 Å². The van der Waals surface area contributed by atoms with E-state index in [0.29, 0.717) is 25.2 Å². The van der Waals surface area contributed by atoms with Crippen LogP contribution in [0.3, 0.4) is 0 Å². The molecule has 0 radical (unpaired) electrons. The second-order valence-electron chi connectivity index (χ2n) is 8.76. The van der Waals surface area contributed by atoms with Crippen molar-refractivity contribution in [1.82, 2.24) is 0 Å². The number of anilines is 1. The molecular formula is C27H23F4NO3. The molecule has 0 spiro atoms. The lowest BCUT2D eigenvalue weighted by atomic mass is 9.77. The molecule has 2 atom stereocenters. The Morgan fingerprint density at radius 1 is 0.971 bits per heavy atom. The molecule has 3 aromatic rings. The highest BCUT2D eigenvalue weighted by molar-refractivity contribution is 5.92. The molecule has 1 amide bonds. The monoisotopic (exact) mass is 485 g/mol. The first-order valence-corrected chi connectivity index (χ1v) is 11.2. The SMILES string of the molecule is O=Cc1ccc(-c2ccc(C3CCCC(C(=O)Nc4ccc(C(F)(F)F)cc4F)C3)cc2)cc1O. The minimum absolute atomic E-state index is 0.0906. The van der Waals surface area contributed by atoms with Crippen molar-refractivity contribution in [1.29, 1.82) is 0 Å². The first-order valence-electron chi connectivity index (χ1n) is 11.2. The molecule has 3 aromatic carbocycles. The minimum Gasteiger partial charge on any atom is -0.507 e. The van der Waals surface area contributed by atoms with Crippen molar-refractivity contribution in [3.05, 3.63) is 83.2 Å². The molecule has 0 aromatic heterocycles. The number of phenols is 1. The number of phenolic OH excluding ortho intramolecular Hbond substituents is 1. The average molecular weight is 485 g/mol. The first kappa shape index (κ1) is 24.4. The van der Waals surface area contributed by atoms with Gasteiger partial charge in [-0.3, -0.25) is 9.59 Å². The number of alkyl halides is 3. The summed E-state index contributed by atoms with van der Waals surface area (Å²) in [6.07, 6.45) is -1.24. The summed E-state index contributed by atoms with van der Waals surface area (Å²) in [6, 6.07) is 14.6. The number of carbonyl (C=O) groups excluding carboxylic acids is 2. The molecule has 2 unspecified atom stereocenters. The molecule has 8 heteroatoms. The predicted molar refractivity (Wildman–Crippen MR) is 124 cm³/mol. The van der Waals surface area contributed by atoms with Gasteiger partial charge in [-0.25, -0.2) is 4.39 Å².